The first-order valence-electron chi connectivity index (χ1n) is 7.40. The highest BCUT2D eigenvalue weighted by Crippen LogP contribution is 2.30. The first-order valence-corrected chi connectivity index (χ1v) is 7.40. The summed E-state index contributed by atoms with van der Waals surface area (Å²) in [6.45, 7) is 2.48. The van der Waals surface area contributed by atoms with Gasteiger partial charge in [0.15, 0.2) is 0 Å². The molecule has 2 unspecified atom stereocenters. The number of amides is 2. The third-order valence-electron chi connectivity index (χ3n) is 4.16. The van der Waals surface area contributed by atoms with E-state index in [-0.39, 0.29) is 12.6 Å². The fraction of sp³-hybridized carbons (Fsp3) is 0.500. The number of anilines is 1. The number of carbonyl (C=O) groups excluding carboxylic acids is 1. The van der Waals surface area contributed by atoms with Crippen LogP contribution in [0.5, 0.6) is 0 Å². The van der Waals surface area contributed by atoms with Crippen LogP contribution in [-0.2, 0) is 4.79 Å². The van der Waals surface area contributed by atoms with Gasteiger partial charge >= 0.3 is 12.0 Å². The molecular weight excluding hydrogens is 268 g/mol. The monoisotopic (exact) mass is 290 g/mol. The normalized spacial score (nSPS) is 21.0. The SMILES string of the molecule is CC1CCCC1CNC(=O)N(CC(=O)O)c1ccccc1. The average Bonchev–Trinajstić information content (AvgIpc) is 2.88. The van der Waals surface area contributed by atoms with Crippen molar-refractivity contribution in [3.63, 3.8) is 0 Å². The lowest BCUT2D eigenvalue weighted by Gasteiger charge is -2.23. The molecular formula is C16H22N2O3. The van der Waals surface area contributed by atoms with E-state index in [1.54, 1.807) is 24.3 Å². The number of carboxylic acid groups (broad SMARTS) is 1. The number of nitrogens with zero attached hydrogens (tertiary/aromatic N) is 1. The standard InChI is InChI=1S/C16H22N2O3/c1-12-6-5-7-13(12)10-17-16(21)18(11-15(19)20)14-8-3-2-4-9-14/h2-4,8-9,12-13H,5-7,10-11H2,1H3,(H,17,21)(H,19,20). The van der Waals surface area contributed by atoms with Crippen molar-refractivity contribution in [3.8, 4) is 0 Å². The average molecular weight is 290 g/mol. The fourth-order valence-electron chi connectivity index (χ4n) is 2.86. The summed E-state index contributed by atoms with van der Waals surface area (Å²) in [5, 5.41) is 11.9. The minimum atomic E-state index is -1.02. The van der Waals surface area contributed by atoms with Crippen molar-refractivity contribution in [1.82, 2.24) is 5.32 Å². The predicted octanol–water partition coefficient (Wildman–Crippen LogP) is 2.72. The predicted molar refractivity (Wildman–Crippen MR) is 81.3 cm³/mol. The van der Waals surface area contributed by atoms with Gasteiger partial charge in [0.2, 0.25) is 0 Å². The molecule has 0 bridgehead atoms. The topological polar surface area (TPSA) is 69.6 Å². The Hall–Kier alpha value is -2.04. The maximum absolute atomic E-state index is 12.3. The van der Waals surface area contributed by atoms with Crippen molar-refractivity contribution in [3.05, 3.63) is 30.3 Å². The summed E-state index contributed by atoms with van der Waals surface area (Å²) in [4.78, 5) is 24.5. The molecule has 1 aliphatic carbocycles. The van der Waals surface area contributed by atoms with Crippen LogP contribution in [0.3, 0.4) is 0 Å². The van der Waals surface area contributed by atoms with E-state index in [4.69, 9.17) is 5.11 Å². The number of rotatable bonds is 5. The smallest absolute Gasteiger partial charge is 0.323 e. The highest BCUT2D eigenvalue weighted by molar-refractivity contribution is 5.96. The molecule has 0 aliphatic heterocycles. The van der Waals surface area contributed by atoms with Gasteiger partial charge in [-0.05, 0) is 30.4 Å². The van der Waals surface area contributed by atoms with Gasteiger partial charge in [0.25, 0.3) is 0 Å². The zero-order chi connectivity index (χ0) is 15.2. The molecule has 2 amide bonds. The third-order valence-corrected chi connectivity index (χ3v) is 4.16. The molecule has 1 saturated carbocycles. The number of hydrogen-bond acceptors (Lipinski definition) is 2. The van der Waals surface area contributed by atoms with Crippen LogP contribution < -0.4 is 10.2 Å². The number of carboxylic acids is 1. The highest BCUT2D eigenvalue weighted by atomic mass is 16.4. The Morgan fingerprint density at radius 3 is 2.57 bits per heavy atom. The van der Waals surface area contributed by atoms with Crippen molar-refractivity contribution in [2.45, 2.75) is 26.2 Å². The maximum atomic E-state index is 12.3. The molecule has 0 aromatic heterocycles. The lowest BCUT2D eigenvalue weighted by atomic mass is 9.98. The van der Waals surface area contributed by atoms with Gasteiger partial charge in [0.1, 0.15) is 6.54 Å². The Morgan fingerprint density at radius 1 is 1.29 bits per heavy atom. The Bertz CT molecular complexity index is 490. The quantitative estimate of drug-likeness (QED) is 0.876. The van der Waals surface area contributed by atoms with Gasteiger partial charge in [-0.25, -0.2) is 4.79 Å². The lowest BCUT2D eigenvalue weighted by Crippen LogP contribution is -2.44. The van der Waals surface area contributed by atoms with Gasteiger partial charge in [-0.3, -0.25) is 9.69 Å². The van der Waals surface area contributed by atoms with Crippen LogP contribution in [0.1, 0.15) is 26.2 Å². The molecule has 114 valence electrons. The van der Waals surface area contributed by atoms with Crippen LogP contribution >= 0.6 is 0 Å². The van der Waals surface area contributed by atoms with Crippen LogP contribution in [0.2, 0.25) is 0 Å². The number of aliphatic carboxylic acids is 1. The summed E-state index contributed by atoms with van der Waals surface area (Å²) >= 11 is 0. The number of benzene rings is 1. The number of para-hydroxylation sites is 1. The molecule has 21 heavy (non-hydrogen) atoms. The zero-order valence-corrected chi connectivity index (χ0v) is 12.3. The molecule has 0 saturated heterocycles. The Morgan fingerprint density at radius 2 is 2.00 bits per heavy atom. The van der Waals surface area contributed by atoms with E-state index in [9.17, 15) is 9.59 Å². The third kappa shape index (κ3) is 4.21. The van der Waals surface area contributed by atoms with E-state index in [0.717, 1.165) is 6.42 Å². The van der Waals surface area contributed by atoms with Crippen LogP contribution in [0.25, 0.3) is 0 Å². The van der Waals surface area contributed by atoms with E-state index in [1.165, 1.54) is 17.7 Å². The number of urea groups is 1. The lowest BCUT2D eigenvalue weighted by molar-refractivity contribution is -0.135. The molecule has 0 heterocycles. The van der Waals surface area contributed by atoms with E-state index < -0.39 is 5.97 Å². The second-order valence-corrected chi connectivity index (χ2v) is 5.67. The first-order chi connectivity index (χ1) is 10.1. The molecule has 0 spiro atoms. The van der Waals surface area contributed by atoms with Crippen molar-refractivity contribution < 1.29 is 14.7 Å². The van der Waals surface area contributed by atoms with Gasteiger partial charge in [-0.15, -0.1) is 0 Å². The summed E-state index contributed by atoms with van der Waals surface area (Å²) < 4.78 is 0. The number of hydrogen-bond donors (Lipinski definition) is 2. The van der Waals surface area contributed by atoms with E-state index in [1.807, 2.05) is 6.07 Å². The first kappa shape index (κ1) is 15.4. The summed E-state index contributed by atoms with van der Waals surface area (Å²) in [6.07, 6.45) is 3.54. The van der Waals surface area contributed by atoms with Gasteiger partial charge < -0.3 is 10.4 Å². The second-order valence-electron chi connectivity index (χ2n) is 5.67. The van der Waals surface area contributed by atoms with Crippen LogP contribution in [0.15, 0.2) is 30.3 Å². The molecule has 2 N–H and O–H groups in total. The van der Waals surface area contributed by atoms with Crippen LogP contribution in [0.4, 0.5) is 10.5 Å². The van der Waals surface area contributed by atoms with Crippen LogP contribution in [0, 0.1) is 11.8 Å². The van der Waals surface area contributed by atoms with Crippen molar-refractivity contribution in [2.75, 3.05) is 18.0 Å². The molecule has 1 aromatic rings. The summed E-state index contributed by atoms with van der Waals surface area (Å²) in [5.41, 5.74) is 0.594. The van der Waals surface area contributed by atoms with Crippen molar-refractivity contribution in [2.24, 2.45) is 11.8 Å². The summed E-state index contributed by atoms with van der Waals surface area (Å²) in [6, 6.07) is 8.54. The maximum Gasteiger partial charge on any atom is 0.323 e. The Labute approximate surface area is 125 Å². The van der Waals surface area contributed by atoms with Crippen molar-refractivity contribution in [1.29, 1.82) is 0 Å². The van der Waals surface area contributed by atoms with Gasteiger partial charge in [-0.1, -0.05) is 38.0 Å². The molecule has 0 radical (unpaired) electrons. The van der Waals surface area contributed by atoms with Crippen LogP contribution in [-0.4, -0.2) is 30.2 Å². The second kappa shape index (κ2) is 7.11. The Balaban J connectivity index is 1.99. The molecule has 5 heteroatoms. The molecule has 1 aliphatic rings. The van der Waals surface area contributed by atoms with Gasteiger partial charge in [-0.2, -0.15) is 0 Å². The molecule has 2 rings (SSSR count). The number of carbonyl (C=O) groups is 2. The molecule has 2 atom stereocenters. The largest absolute Gasteiger partial charge is 0.480 e. The van der Waals surface area contributed by atoms with Crippen molar-refractivity contribution >= 4 is 17.7 Å². The zero-order valence-electron chi connectivity index (χ0n) is 12.3. The van der Waals surface area contributed by atoms with Gasteiger partial charge in [0.05, 0.1) is 0 Å². The number of nitrogens with one attached hydrogen (secondary N) is 1. The Kier molecular flexibility index (Phi) is 5.20. The van der Waals surface area contributed by atoms with Gasteiger partial charge in [0, 0.05) is 12.2 Å². The summed E-state index contributed by atoms with van der Waals surface area (Å²) in [5.74, 6) is 0.0922. The minimum absolute atomic E-state index is 0.337. The minimum Gasteiger partial charge on any atom is -0.480 e. The van der Waals surface area contributed by atoms with E-state index in [2.05, 4.69) is 12.2 Å². The molecule has 1 fully saturated rings. The van der Waals surface area contributed by atoms with E-state index in [0.29, 0.717) is 24.1 Å². The fourth-order valence-corrected chi connectivity index (χ4v) is 2.86. The molecule has 5 nitrogen and oxygen atoms in total. The highest BCUT2D eigenvalue weighted by Gasteiger charge is 2.25. The van der Waals surface area contributed by atoms with E-state index >= 15 is 0 Å². The summed E-state index contributed by atoms with van der Waals surface area (Å²) in [7, 11) is 0. The molecule has 1 aromatic carbocycles.